The van der Waals surface area contributed by atoms with Crippen LogP contribution in [0.3, 0.4) is 0 Å². The second-order valence-electron chi connectivity index (χ2n) is 4.97. The fraction of sp³-hybridized carbons (Fsp3) is 0.500. The normalized spacial score (nSPS) is 23.1. The zero-order chi connectivity index (χ0) is 13.8. The molecular formula is C14H18F2N2O. The molecule has 1 amide bonds. The van der Waals surface area contributed by atoms with Crippen LogP contribution in [0.2, 0.25) is 0 Å². The highest BCUT2D eigenvalue weighted by Crippen LogP contribution is 2.12. The number of piperidine rings is 1. The van der Waals surface area contributed by atoms with Gasteiger partial charge < -0.3 is 10.6 Å². The van der Waals surface area contributed by atoms with Crippen molar-refractivity contribution in [2.75, 3.05) is 6.54 Å². The van der Waals surface area contributed by atoms with E-state index in [-0.39, 0.29) is 30.0 Å². The third-order valence-electron chi connectivity index (χ3n) is 3.47. The number of hydrogen-bond donors (Lipinski definition) is 2. The van der Waals surface area contributed by atoms with Gasteiger partial charge in [-0.1, -0.05) is 0 Å². The highest BCUT2D eigenvalue weighted by Gasteiger charge is 2.22. The molecule has 1 saturated heterocycles. The first kappa shape index (κ1) is 13.9. The molecule has 0 aliphatic carbocycles. The number of rotatable bonds is 3. The summed E-state index contributed by atoms with van der Waals surface area (Å²) in [6, 6.07) is 3.41. The van der Waals surface area contributed by atoms with E-state index in [1.54, 1.807) is 0 Å². The van der Waals surface area contributed by atoms with E-state index in [1.807, 2.05) is 6.92 Å². The Kier molecular flexibility index (Phi) is 4.47. The third kappa shape index (κ3) is 3.73. The van der Waals surface area contributed by atoms with Crippen molar-refractivity contribution >= 4 is 5.91 Å². The number of benzene rings is 1. The molecule has 0 radical (unpaired) electrons. The van der Waals surface area contributed by atoms with Crippen LogP contribution < -0.4 is 10.6 Å². The lowest BCUT2D eigenvalue weighted by Crippen LogP contribution is -2.52. The SMILES string of the molecule is CC1NCCCC1NC(=O)Cc1cc(F)ccc1F. The molecule has 2 unspecified atom stereocenters. The van der Waals surface area contributed by atoms with Crippen LogP contribution >= 0.6 is 0 Å². The predicted molar refractivity (Wildman–Crippen MR) is 68.7 cm³/mol. The lowest BCUT2D eigenvalue weighted by molar-refractivity contribution is -0.121. The predicted octanol–water partition coefficient (Wildman–Crippen LogP) is 1.76. The minimum Gasteiger partial charge on any atom is -0.352 e. The fourth-order valence-electron chi connectivity index (χ4n) is 2.35. The molecule has 3 nitrogen and oxygen atoms in total. The van der Waals surface area contributed by atoms with Gasteiger partial charge in [0, 0.05) is 17.6 Å². The number of hydrogen-bond acceptors (Lipinski definition) is 2. The lowest BCUT2D eigenvalue weighted by Gasteiger charge is -2.30. The topological polar surface area (TPSA) is 41.1 Å². The zero-order valence-corrected chi connectivity index (χ0v) is 10.9. The van der Waals surface area contributed by atoms with Crippen molar-refractivity contribution in [3.63, 3.8) is 0 Å². The zero-order valence-electron chi connectivity index (χ0n) is 10.9. The molecule has 0 aromatic heterocycles. The Morgan fingerprint density at radius 2 is 2.26 bits per heavy atom. The maximum Gasteiger partial charge on any atom is 0.224 e. The molecule has 2 atom stereocenters. The molecule has 1 aromatic rings. The van der Waals surface area contributed by atoms with Crippen molar-refractivity contribution < 1.29 is 13.6 Å². The summed E-state index contributed by atoms with van der Waals surface area (Å²) >= 11 is 0. The van der Waals surface area contributed by atoms with Crippen molar-refractivity contribution in [1.82, 2.24) is 10.6 Å². The van der Waals surface area contributed by atoms with Gasteiger partial charge in [-0.2, -0.15) is 0 Å². The summed E-state index contributed by atoms with van der Waals surface area (Å²) in [5.41, 5.74) is 0.0916. The number of carbonyl (C=O) groups is 1. The molecule has 5 heteroatoms. The molecule has 1 aliphatic rings. The summed E-state index contributed by atoms with van der Waals surface area (Å²) in [5.74, 6) is -1.35. The minimum atomic E-state index is -0.550. The molecule has 0 bridgehead atoms. The summed E-state index contributed by atoms with van der Waals surface area (Å²) in [5, 5.41) is 6.15. The first-order chi connectivity index (χ1) is 9.06. The highest BCUT2D eigenvalue weighted by molar-refractivity contribution is 5.79. The van der Waals surface area contributed by atoms with Gasteiger partial charge in [0.05, 0.1) is 6.42 Å². The molecule has 2 N–H and O–H groups in total. The lowest BCUT2D eigenvalue weighted by atomic mass is 9.99. The highest BCUT2D eigenvalue weighted by atomic mass is 19.1. The molecule has 1 heterocycles. The average molecular weight is 268 g/mol. The van der Waals surface area contributed by atoms with Gasteiger partial charge in [-0.3, -0.25) is 4.79 Å². The van der Waals surface area contributed by atoms with Crippen LogP contribution in [-0.2, 0) is 11.2 Å². The van der Waals surface area contributed by atoms with E-state index in [0.717, 1.165) is 37.6 Å². The number of nitrogens with one attached hydrogen (secondary N) is 2. The summed E-state index contributed by atoms with van der Waals surface area (Å²) in [6.45, 7) is 2.96. The van der Waals surface area contributed by atoms with Crippen molar-refractivity contribution in [1.29, 1.82) is 0 Å². The van der Waals surface area contributed by atoms with Crippen LogP contribution in [0.25, 0.3) is 0 Å². The standard InChI is InChI=1S/C14H18F2N2O/c1-9-13(3-2-6-17-9)18-14(19)8-10-7-11(15)4-5-12(10)16/h4-5,7,9,13,17H,2-3,6,8H2,1H3,(H,18,19). The maximum absolute atomic E-state index is 13.4. The van der Waals surface area contributed by atoms with E-state index in [1.165, 1.54) is 0 Å². The second-order valence-corrected chi connectivity index (χ2v) is 4.97. The summed E-state index contributed by atoms with van der Waals surface area (Å²) in [6.07, 6.45) is 1.78. The van der Waals surface area contributed by atoms with Crippen LogP contribution in [0.4, 0.5) is 8.78 Å². The Balaban J connectivity index is 1.95. The molecule has 0 saturated carbocycles. The molecule has 2 rings (SSSR count). The van der Waals surface area contributed by atoms with Gasteiger partial charge in [0.15, 0.2) is 0 Å². The first-order valence-corrected chi connectivity index (χ1v) is 6.53. The van der Waals surface area contributed by atoms with E-state index >= 15 is 0 Å². The number of halogens is 2. The van der Waals surface area contributed by atoms with Crippen molar-refractivity contribution in [2.24, 2.45) is 0 Å². The minimum absolute atomic E-state index is 0.0536. The Hall–Kier alpha value is -1.49. The number of carbonyl (C=O) groups excluding carboxylic acids is 1. The van der Waals surface area contributed by atoms with E-state index in [4.69, 9.17) is 0 Å². The molecule has 104 valence electrons. The van der Waals surface area contributed by atoms with Crippen LogP contribution in [0.1, 0.15) is 25.3 Å². The van der Waals surface area contributed by atoms with Gasteiger partial charge >= 0.3 is 0 Å². The fourth-order valence-corrected chi connectivity index (χ4v) is 2.35. The molecular weight excluding hydrogens is 250 g/mol. The van der Waals surface area contributed by atoms with Gasteiger partial charge in [-0.15, -0.1) is 0 Å². The molecule has 0 spiro atoms. The van der Waals surface area contributed by atoms with Crippen LogP contribution in [0, 0.1) is 11.6 Å². The van der Waals surface area contributed by atoms with Crippen LogP contribution in [0.5, 0.6) is 0 Å². The third-order valence-corrected chi connectivity index (χ3v) is 3.47. The van der Waals surface area contributed by atoms with Crippen LogP contribution in [0.15, 0.2) is 18.2 Å². The van der Waals surface area contributed by atoms with Gasteiger partial charge in [-0.05, 0) is 44.5 Å². The second kappa shape index (κ2) is 6.10. The number of amides is 1. The maximum atomic E-state index is 13.4. The van der Waals surface area contributed by atoms with E-state index in [9.17, 15) is 13.6 Å². The van der Waals surface area contributed by atoms with E-state index < -0.39 is 11.6 Å². The van der Waals surface area contributed by atoms with E-state index in [2.05, 4.69) is 10.6 Å². The molecule has 1 aliphatic heterocycles. The smallest absolute Gasteiger partial charge is 0.224 e. The van der Waals surface area contributed by atoms with Gasteiger partial charge in [-0.25, -0.2) is 8.78 Å². The van der Waals surface area contributed by atoms with Crippen molar-refractivity contribution in [3.8, 4) is 0 Å². The Morgan fingerprint density at radius 1 is 1.47 bits per heavy atom. The Labute approximate surface area is 111 Å². The van der Waals surface area contributed by atoms with Gasteiger partial charge in [0.1, 0.15) is 11.6 Å². The summed E-state index contributed by atoms with van der Waals surface area (Å²) < 4.78 is 26.4. The van der Waals surface area contributed by atoms with Crippen molar-refractivity contribution in [2.45, 2.75) is 38.3 Å². The quantitative estimate of drug-likeness (QED) is 0.877. The Morgan fingerprint density at radius 3 is 3.00 bits per heavy atom. The monoisotopic (exact) mass is 268 g/mol. The van der Waals surface area contributed by atoms with Crippen LogP contribution in [-0.4, -0.2) is 24.5 Å². The largest absolute Gasteiger partial charge is 0.352 e. The molecule has 19 heavy (non-hydrogen) atoms. The molecule has 1 aromatic carbocycles. The summed E-state index contributed by atoms with van der Waals surface area (Å²) in [7, 11) is 0. The van der Waals surface area contributed by atoms with E-state index in [0.29, 0.717) is 0 Å². The average Bonchev–Trinajstić information content (AvgIpc) is 2.37. The van der Waals surface area contributed by atoms with Gasteiger partial charge in [0.25, 0.3) is 0 Å². The van der Waals surface area contributed by atoms with Gasteiger partial charge in [0.2, 0.25) is 5.91 Å². The Bertz CT molecular complexity index is 465. The van der Waals surface area contributed by atoms with Crippen molar-refractivity contribution in [3.05, 3.63) is 35.4 Å². The first-order valence-electron chi connectivity index (χ1n) is 6.53. The molecule has 1 fully saturated rings. The summed E-state index contributed by atoms with van der Waals surface area (Å²) in [4.78, 5) is 11.9.